The number of benzene rings is 1. The highest BCUT2D eigenvalue weighted by molar-refractivity contribution is 7.89. The summed E-state index contributed by atoms with van der Waals surface area (Å²) in [7, 11) is -3.62. The van der Waals surface area contributed by atoms with E-state index < -0.39 is 15.6 Å². The van der Waals surface area contributed by atoms with Crippen molar-refractivity contribution in [2.75, 3.05) is 6.54 Å². The van der Waals surface area contributed by atoms with Gasteiger partial charge in [0.25, 0.3) is 0 Å². The van der Waals surface area contributed by atoms with E-state index in [0.29, 0.717) is 11.0 Å². The van der Waals surface area contributed by atoms with Crippen LogP contribution in [0.1, 0.15) is 13.8 Å². The van der Waals surface area contributed by atoms with Crippen molar-refractivity contribution in [2.45, 2.75) is 24.3 Å². The summed E-state index contributed by atoms with van der Waals surface area (Å²) in [6, 6.07) is 4.88. The van der Waals surface area contributed by atoms with Crippen LogP contribution in [0.3, 0.4) is 0 Å². The van der Waals surface area contributed by atoms with Crippen LogP contribution in [0.15, 0.2) is 23.1 Å². The Labute approximate surface area is 110 Å². The molecule has 0 aliphatic rings. The molecule has 2 aromatic rings. The average Bonchev–Trinajstić information content (AvgIpc) is 2.73. The van der Waals surface area contributed by atoms with Crippen molar-refractivity contribution in [3.8, 4) is 0 Å². The van der Waals surface area contributed by atoms with Crippen LogP contribution in [0.4, 0.5) is 0 Å². The molecular weight excluding hydrogens is 272 g/mol. The fraction of sp³-hybridized carbons (Fsp3) is 0.400. The zero-order valence-corrected chi connectivity index (χ0v) is 11.7. The van der Waals surface area contributed by atoms with E-state index in [4.69, 9.17) is 5.73 Å². The molecule has 1 aromatic carbocycles. The molecule has 0 bridgehead atoms. The molecule has 0 aliphatic heterocycles. The van der Waals surface area contributed by atoms with Crippen LogP contribution in [-0.4, -0.2) is 29.2 Å². The van der Waals surface area contributed by atoms with Crippen molar-refractivity contribution >= 4 is 32.8 Å². The summed E-state index contributed by atoms with van der Waals surface area (Å²) in [5, 5.41) is 0. The van der Waals surface area contributed by atoms with Gasteiger partial charge in [-0.3, -0.25) is 0 Å². The molecular formula is C10H14N4O2S2. The molecule has 0 radical (unpaired) electrons. The number of aromatic nitrogens is 2. The summed E-state index contributed by atoms with van der Waals surface area (Å²) >= 11 is 0.990. The number of nitrogens with two attached hydrogens (primary N) is 1. The van der Waals surface area contributed by atoms with Gasteiger partial charge in [0, 0.05) is 12.1 Å². The lowest BCUT2D eigenvalue weighted by molar-refractivity contribution is 0.498. The van der Waals surface area contributed by atoms with Gasteiger partial charge < -0.3 is 5.73 Å². The molecule has 6 nitrogen and oxygen atoms in total. The normalized spacial score (nSPS) is 13.1. The number of rotatable bonds is 4. The van der Waals surface area contributed by atoms with Gasteiger partial charge in [0.05, 0.1) is 11.7 Å². The predicted octanol–water partition coefficient (Wildman–Crippen LogP) is 0.707. The van der Waals surface area contributed by atoms with Gasteiger partial charge in [-0.15, -0.1) is 0 Å². The third-order valence-electron chi connectivity index (χ3n) is 2.26. The quantitative estimate of drug-likeness (QED) is 0.862. The Morgan fingerprint density at radius 2 is 2.11 bits per heavy atom. The molecule has 1 heterocycles. The first-order valence-electron chi connectivity index (χ1n) is 5.29. The monoisotopic (exact) mass is 286 g/mol. The Balaban J connectivity index is 2.38. The Hall–Kier alpha value is -1.09. The lowest BCUT2D eigenvalue weighted by Crippen LogP contribution is -2.45. The predicted molar refractivity (Wildman–Crippen MR) is 70.9 cm³/mol. The highest BCUT2D eigenvalue weighted by Crippen LogP contribution is 2.20. The largest absolute Gasteiger partial charge is 0.324 e. The van der Waals surface area contributed by atoms with Crippen LogP contribution in [-0.2, 0) is 10.0 Å². The van der Waals surface area contributed by atoms with E-state index in [1.165, 1.54) is 6.07 Å². The first-order chi connectivity index (χ1) is 8.30. The third-order valence-corrected chi connectivity index (χ3v) is 4.23. The van der Waals surface area contributed by atoms with Gasteiger partial charge in [-0.1, -0.05) is 6.07 Å². The van der Waals surface area contributed by atoms with E-state index >= 15 is 0 Å². The fourth-order valence-corrected chi connectivity index (χ4v) is 3.34. The Morgan fingerprint density at radius 1 is 1.39 bits per heavy atom. The van der Waals surface area contributed by atoms with E-state index in [1.54, 1.807) is 26.0 Å². The summed E-state index contributed by atoms with van der Waals surface area (Å²) < 4.78 is 34.8. The Kier molecular flexibility index (Phi) is 3.37. The van der Waals surface area contributed by atoms with Crippen molar-refractivity contribution < 1.29 is 8.42 Å². The Morgan fingerprint density at radius 3 is 2.78 bits per heavy atom. The molecule has 0 saturated heterocycles. The zero-order chi connectivity index (χ0) is 13.4. The molecule has 3 N–H and O–H groups in total. The van der Waals surface area contributed by atoms with E-state index in [1.807, 2.05) is 0 Å². The van der Waals surface area contributed by atoms with Crippen LogP contribution in [0.25, 0.3) is 11.0 Å². The topological polar surface area (TPSA) is 98.0 Å². The Bertz CT molecular complexity index is 658. The summed E-state index contributed by atoms with van der Waals surface area (Å²) in [5.74, 6) is 0. The molecule has 1 aromatic heterocycles. The lowest BCUT2D eigenvalue weighted by atomic mass is 10.1. The minimum atomic E-state index is -3.62. The molecule has 0 unspecified atom stereocenters. The number of hydrogen-bond acceptors (Lipinski definition) is 6. The minimum absolute atomic E-state index is 0.137. The summed E-state index contributed by atoms with van der Waals surface area (Å²) in [6.07, 6.45) is 0. The molecule has 8 heteroatoms. The SMILES string of the molecule is CC(C)(N)CNS(=O)(=O)c1cccc2nsnc12. The van der Waals surface area contributed by atoms with Crippen molar-refractivity contribution in [3.05, 3.63) is 18.2 Å². The highest BCUT2D eigenvalue weighted by Gasteiger charge is 2.22. The smallest absolute Gasteiger partial charge is 0.242 e. The first kappa shape index (κ1) is 13.3. The van der Waals surface area contributed by atoms with Crippen LogP contribution in [0.2, 0.25) is 0 Å². The lowest BCUT2D eigenvalue weighted by Gasteiger charge is -2.18. The molecule has 0 amide bonds. The first-order valence-corrected chi connectivity index (χ1v) is 7.51. The van der Waals surface area contributed by atoms with E-state index in [9.17, 15) is 8.42 Å². The summed E-state index contributed by atoms with van der Waals surface area (Å²) in [6.45, 7) is 3.66. The van der Waals surface area contributed by atoms with Crippen molar-refractivity contribution in [1.82, 2.24) is 13.5 Å². The van der Waals surface area contributed by atoms with Crippen LogP contribution in [0.5, 0.6) is 0 Å². The number of fused-ring (bicyclic) bond motifs is 1. The second kappa shape index (κ2) is 4.54. The average molecular weight is 286 g/mol. The molecule has 98 valence electrons. The summed E-state index contributed by atoms with van der Waals surface area (Å²) in [4.78, 5) is 0.137. The fourth-order valence-electron chi connectivity index (χ4n) is 1.36. The van der Waals surface area contributed by atoms with E-state index in [0.717, 1.165) is 11.7 Å². The molecule has 0 saturated carbocycles. The standard InChI is InChI=1S/C10H14N4O2S2/c1-10(2,11)6-12-18(15,16)8-5-3-4-7-9(8)14-17-13-7/h3-5,12H,6,11H2,1-2H3. The number of sulfonamides is 1. The second-order valence-corrected chi connectivity index (χ2v) is 6.97. The maximum absolute atomic E-state index is 12.2. The number of hydrogen-bond donors (Lipinski definition) is 2. The van der Waals surface area contributed by atoms with Gasteiger partial charge in [0.2, 0.25) is 10.0 Å². The van der Waals surface area contributed by atoms with Crippen LogP contribution < -0.4 is 10.5 Å². The highest BCUT2D eigenvalue weighted by atomic mass is 32.2. The van der Waals surface area contributed by atoms with Gasteiger partial charge in [0.1, 0.15) is 15.9 Å². The molecule has 0 spiro atoms. The maximum Gasteiger partial charge on any atom is 0.242 e. The van der Waals surface area contributed by atoms with Gasteiger partial charge in [0.15, 0.2) is 0 Å². The summed E-state index contributed by atoms with van der Waals surface area (Å²) in [5.41, 5.74) is 6.12. The van der Waals surface area contributed by atoms with Crippen LogP contribution >= 0.6 is 11.7 Å². The molecule has 0 aliphatic carbocycles. The third kappa shape index (κ3) is 2.83. The zero-order valence-electron chi connectivity index (χ0n) is 10.0. The van der Waals surface area contributed by atoms with Gasteiger partial charge in [-0.2, -0.15) is 8.75 Å². The number of nitrogens with one attached hydrogen (secondary N) is 1. The van der Waals surface area contributed by atoms with Crippen molar-refractivity contribution in [3.63, 3.8) is 0 Å². The van der Waals surface area contributed by atoms with Gasteiger partial charge >= 0.3 is 0 Å². The molecule has 0 atom stereocenters. The van der Waals surface area contributed by atoms with Crippen molar-refractivity contribution in [2.24, 2.45) is 5.73 Å². The van der Waals surface area contributed by atoms with E-state index in [-0.39, 0.29) is 11.4 Å². The van der Waals surface area contributed by atoms with Crippen LogP contribution in [0, 0.1) is 0 Å². The second-order valence-electron chi connectivity index (χ2n) is 4.70. The van der Waals surface area contributed by atoms with E-state index in [2.05, 4.69) is 13.5 Å². The number of nitrogens with zero attached hydrogens (tertiary/aromatic N) is 2. The van der Waals surface area contributed by atoms with Gasteiger partial charge in [-0.25, -0.2) is 13.1 Å². The maximum atomic E-state index is 12.2. The minimum Gasteiger partial charge on any atom is -0.324 e. The molecule has 0 fully saturated rings. The van der Waals surface area contributed by atoms with Gasteiger partial charge in [-0.05, 0) is 26.0 Å². The molecule has 2 rings (SSSR count). The molecule has 18 heavy (non-hydrogen) atoms. The van der Waals surface area contributed by atoms with Crippen molar-refractivity contribution in [1.29, 1.82) is 0 Å².